The van der Waals surface area contributed by atoms with Crippen LogP contribution in [0.15, 0.2) is 18.5 Å². The van der Waals surface area contributed by atoms with Crippen LogP contribution < -0.4 is 5.32 Å². The molecule has 0 aromatic carbocycles. The number of nitrogens with zero attached hydrogens (tertiary/aromatic N) is 2. The van der Waals surface area contributed by atoms with E-state index in [9.17, 15) is 9.59 Å². The van der Waals surface area contributed by atoms with Gasteiger partial charge in [0.2, 0.25) is 0 Å². The van der Waals surface area contributed by atoms with Gasteiger partial charge in [-0.05, 0) is 37.8 Å². The minimum Gasteiger partial charge on any atom is -0.480 e. The molecule has 0 spiro atoms. The van der Waals surface area contributed by atoms with Crippen molar-refractivity contribution >= 4 is 17.7 Å². The van der Waals surface area contributed by atoms with E-state index in [1.54, 1.807) is 18.5 Å². The average Bonchev–Trinajstić information content (AvgIpc) is 2.38. The zero-order chi connectivity index (χ0) is 13.8. The number of anilines is 1. The Hall–Kier alpha value is -2.11. The Kier molecular flexibility index (Phi) is 3.99. The third-order valence-corrected chi connectivity index (χ3v) is 3.17. The van der Waals surface area contributed by atoms with Crippen molar-refractivity contribution in [2.24, 2.45) is 0 Å². The zero-order valence-electron chi connectivity index (χ0n) is 10.8. The molecule has 1 aromatic rings. The van der Waals surface area contributed by atoms with Crippen LogP contribution in [0.3, 0.4) is 0 Å². The number of aliphatic carboxylic acids is 1. The molecule has 0 aliphatic carbocycles. The molecule has 6 heteroatoms. The van der Waals surface area contributed by atoms with Gasteiger partial charge in [-0.15, -0.1) is 0 Å². The highest BCUT2D eigenvalue weighted by molar-refractivity contribution is 5.92. The van der Waals surface area contributed by atoms with Gasteiger partial charge in [-0.1, -0.05) is 0 Å². The first kappa shape index (κ1) is 13.3. The molecule has 1 aliphatic rings. The van der Waals surface area contributed by atoms with Gasteiger partial charge in [0, 0.05) is 12.7 Å². The fourth-order valence-electron chi connectivity index (χ4n) is 2.25. The molecule has 1 saturated heterocycles. The van der Waals surface area contributed by atoms with Crippen LogP contribution in [0, 0.1) is 6.92 Å². The second kappa shape index (κ2) is 5.69. The van der Waals surface area contributed by atoms with Crippen LogP contribution >= 0.6 is 0 Å². The Bertz CT molecular complexity index is 490. The van der Waals surface area contributed by atoms with Crippen LogP contribution in [0.1, 0.15) is 24.8 Å². The summed E-state index contributed by atoms with van der Waals surface area (Å²) in [6.07, 6.45) is 5.42. The quantitative estimate of drug-likeness (QED) is 0.853. The molecule has 2 rings (SSSR count). The summed E-state index contributed by atoms with van der Waals surface area (Å²) < 4.78 is 0. The lowest BCUT2D eigenvalue weighted by molar-refractivity contribution is -0.143. The average molecular weight is 263 g/mol. The van der Waals surface area contributed by atoms with Gasteiger partial charge in [0.05, 0.1) is 11.9 Å². The van der Waals surface area contributed by atoms with E-state index in [4.69, 9.17) is 5.11 Å². The number of aromatic nitrogens is 1. The molecule has 19 heavy (non-hydrogen) atoms. The summed E-state index contributed by atoms with van der Waals surface area (Å²) in [5.74, 6) is -0.947. The van der Waals surface area contributed by atoms with Crippen LogP contribution in [0.4, 0.5) is 10.5 Å². The fourth-order valence-corrected chi connectivity index (χ4v) is 2.25. The largest absolute Gasteiger partial charge is 0.480 e. The minimum absolute atomic E-state index is 0.375. The Morgan fingerprint density at radius 1 is 1.42 bits per heavy atom. The van der Waals surface area contributed by atoms with Crippen molar-refractivity contribution < 1.29 is 14.7 Å². The van der Waals surface area contributed by atoms with E-state index in [0.717, 1.165) is 18.4 Å². The Balaban J connectivity index is 2.07. The van der Waals surface area contributed by atoms with Crippen molar-refractivity contribution in [1.82, 2.24) is 9.88 Å². The predicted molar refractivity (Wildman–Crippen MR) is 70.0 cm³/mol. The molecule has 1 fully saturated rings. The van der Waals surface area contributed by atoms with E-state index in [-0.39, 0.29) is 6.03 Å². The summed E-state index contributed by atoms with van der Waals surface area (Å²) in [6, 6.07) is 0.691. The number of carboxylic acids is 1. The molecule has 2 N–H and O–H groups in total. The van der Waals surface area contributed by atoms with Gasteiger partial charge in [-0.2, -0.15) is 0 Å². The molecule has 2 heterocycles. The van der Waals surface area contributed by atoms with Gasteiger partial charge in [0.25, 0.3) is 0 Å². The van der Waals surface area contributed by atoms with Crippen molar-refractivity contribution in [1.29, 1.82) is 0 Å². The van der Waals surface area contributed by atoms with Crippen LogP contribution in [0.25, 0.3) is 0 Å². The number of hydrogen-bond acceptors (Lipinski definition) is 3. The van der Waals surface area contributed by atoms with Gasteiger partial charge >= 0.3 is 12.0 Å². The maximum atomic E-state index is 12.1. The highest BCUT2D eigenvalue weighted by Gasteiger charge is 2.31. The van der Waals surface area contributed by atoms with Crippen LogP contribution in [-0.4, -0.2) is 39.6 Å². The molecule has 1 unspecified atom stereocenters. The Labute approximate surface area is 111 Å². The highest BCUT2D eigenvalue weighted by atomic mass is 16.4. The molecule has 1 aliphatic heterocycles. The number of pyridine rings is 1. The van der Waals surface area contributed by atoms with Gasteiger partial charge < -0.3 is 15.3 Å². The number of carboxylic acid groups (broad SMARTS) is 1. The van der Waals surface area contributed by atoms with Gasteiger partial charge in [-0.25, -0.2) is 9.59 Å². The molecule has 2 amide bonds. The Morgan fingerprint density at radius 2 is 2.21 bits per heavy atom. The molecule has 1 aromatic heterocycles. The van der Waals surface area contributed by atoms with Crippen molar-refractivity contribution in [3.05, 3.63) is 24.0 Å². The Morgan fingerprint density at radius 3 is 2.89 bits per heavy atom. The summed E-state index contributed by atoms with van der Waals surface area (Å²) in [6.45, 7) is 2.35. The number of rotatable bonds is 2. The molecule has 0 bridgehead atoms. The van der Waals surface area contributed by atoms with Gasteiger partial charge in [0.1, 0.15) is 6.04 Å². The van der Waals surface area contributed by atoms with Crippen LogP contribution in [-0.2, 0) is 4.79 Å². The standard InChI is InChI=1S/C13H17N3O3/c1-9-6-10(8-14-7-9)15-13(19)16-5-3-2-4-11(16)12(17)18/h6-8,11H,2-5H2,1H3,(H,15,19)(H,17,18). The second-order valence-corrected chi connectivity index (χ2v) is 4.72. The minimum atomic E-state index is -0.947. The fraction of sp³-hybridized carbons (Fsp3) is 0.462. The lowest BCUT2D eigenvalue weighted by Crippen LogP contribution is -2.49. The van der Waals surface area contributed by atoms with Gasteiger partial charge in [-0.3, -0.25) is 4.98 Å². The lowest BCUT2D eigenvalue weighted by Gasteiger charge is -2.32. The predicted octanol–water partition coefficient (Wildman–Crippen LogP) is 1.86. The number of piperidine rings is 1. The summed E-state index contributed by atoms with van der Waals surface area (Å²) >= 11 is 0. The summed E-state index contributed by atoms with van der Waals surface area (Å²) in [7, 11) is 0. The number of likely N-dealkylation sites (tertiary alicyclic amines) is 1. The highest BCUT2D eigenvalue weighted by Crippen LogP contribution is 2.19. The lowest BCUT2D eigenvalue weighted by atomic mass is 10.0. The SMILES string of the molecule is Cc1cncc(NC(=O)N2CCCCC2C(=O)O)c1. The summed E-state index contributed by atoms with van der Waals surface area (Å²) in [4.78, 5) is 28.6. The molecular weight excluding hydrogens is 246 g/mol. The molecule has 1 atom stereocenters. The van der Waals surface area contributed by atoms with E-state index in [1.165, 1.54) is 4.90 Å². The third-order valence-electron chi connectivity index (χ3n) is 3.17. The topological polar surface area (TPSA) is 82.5 Å². The number of nitrogens with one attached hydrogen (secondary N) is 1. The van der Waals surface area contributed by atoms with E-state index < -0.39 is 12.0 Å². The van der Waals surface area contributed by atoms with Crippen molar-refractivity contribution in [3.8, 4) is 0 Å². The maximum Gasteiger partial charge on any atom is 0.326 e. The molecule has 0 radical (unpaired) electrons. The van der Waals surface area contributed by atoms with Crippen molar-refractivity contribution in [2.75, 3.05) is 11.9 Å². The molecule has 102 valence electrons. The first-order valence-corrected chi connectivity index (χ1v) is 6.30. The van der Waals surface area contributed by atoms with Crippen molar-refractivity contribution in [2.45, 2.75) is 32.2 Å². The monoisotopic (exact) mass is 263 g/mol. The van der Waals surface area contributed by atoms with E-state index in [2.05, 4.69) is 10.3 Å². The first-order valence-electron chi connectivity index (χ1n) is 6.30. The smallest absolute Gasteiger partial charge is 0.326 e. The second-order valence-electron chi connectivity index (χ2n) is 4.72. The number of carbonyl (C=O) groups is 2. The van der Waals surface area contributed by atoms with Crippen LogP contribution in [0.2, 0.25) is 0 Å². The van der Waals surface area contributed by atoms with E-state index >= 15 is 0 Å². The normalized spacial score (nSPS) is 19.0. The molecule has 6 nitrogen and oxygen atoms in total. The van der Waals surface area contributed by atoms with Gasteiger partial charge in [0.15, 0.2) is 0 Å². The summed E-state index contributed by atoms with van der Waals surface area (Å²) in [5, 5.41) is 11.8. The molecule has 0 saturated carbocycles. The maximum absolute atomic E-state index is 12.1. The number of aryl methyl sites for hydroxylation is 1. The summed E-state index contributed by atoms with van der Waals surface area (Å²) in [5.41, 5.74) is 1.52. The first-order chi connectivity index (χ1) is 9.08. The number of carbonyl (C=O) groups excluding carboxylic acids is 1. The van der Waals surface area contributed by atoms with E-state index in [0.29, 0.717) is 18.7 Å². The molecular formula is C13H17N3O3. The van der Waals surface area contributed by atoms with Crippen molar-refractivity contribution in [3.63, 3.8) is 0 Å². The van der Waals surface area contributed by atoms with E-state index in [1.807, 2.05) is 6.92 Å². The number of amides is 2. The van der Waals surface area contributed by atoms with Crippen LogP contribution in [0.5, 0.6) is 0 Å². The number of urea groups is 1. The number of hydrogen-bond donors (Lipinski definition) is 2. The third kappa shape index (κ3) is 3.21. The zero-order valence-corrected chi connectivity index (χ0v) is 10.8.